The summed E-state index contributed by atoms with van der Waals surface area (Å²) in [7, 11) is 0. The summed E-state index contributed by atoms with van der Waals surface area (Å²) < 4.78 is 5.89. The quantitative estimate of drug-likeness (QED) is 0.347. The zero-order valence-corrected chi connectivity index (χ0v) is 21.4. The smallest absolute Gasteiger partial charge is 0.307 e. The minimum atomic E-state index is -0.851. The third kappa shape index (κ3) is 5.35. The summed E-state index contributed by atoms with van der Waals surface area (Å²) in [6.45, 7) is 9.68. The molecule has 0 bridgehead atoms. The van der Waals surface area contributed by atoms with E-state index in [-0.39, 0.29) is 6.42 Å². The largest absolute Gasteiger partial charge is 0.493 e. The van der Waals surface area contributed by atoms with Gasteiger partial charge in [-0.1, -0.05) is 18.1 Å². The predicted octanol–water partition coefficient (Wildman–Crippen LogP) is 6.07. The first-order valence-electron chi connectivity index (χ1n) is 12.0. The van der Waals surface area contributed by atoms with E-state index in [1.165, 1.54) is 5.56 Å². The molecule has 1 aromatic heterocycles. The topological polar surface area (TPSA) is 79.7 Å². The number of ether oxygens (including phenoxy) is 1. The van der Waals surface area contributed by atoms with E-state index in [1.807, 2.05) is 50.4 Å². The van der Waals surface area contributed by atoms with Crippen LogP contribution in [0.2, 0.25) is 0 Å². The molecule has 0 saturated carbocycles. The van der Waals surface area contributed by atoms with Crippen LogP contribution in [0.15, 0.2) is 48.7 Å². The van der Waals surface area contributed by atoms with E-state index >= 15 is 0 Å². The minimum absolute atomic E-state index is 0.0486. The van der Waals surface area contributed by atoms with Crippen LogP contribution < -0.4 is 4.74 Å². The van der Waals surface area contributed by atoms with Gasteiger partial charge in [-0.15, -0.1) is 5.92 Å². The number of benzene rings is 3. The highest BCUT2D eigenvalue weighted by Crippen LogP contribution is 2.42. The maximum Gasteiger partial charge on any atom is 0.307 e. The van der Waals surface area contributed by atoms with Crippen LogP contribution in [-0.4, -0.2) is 33.4 Å². The number of nitrogens with zero attached hydrogens (tertiary/aromatic N) is 1. The lowest BCUT2D eigenvalue weighted by Crippen LogP contribution is -2.10. The van der Waals surface area contributed by atoms with E-state index in [0.29, 0.717) is 6.61 Å². The zero-order valence-electron chi connectivity index (χ0n) is 21.4. The molecule has 0 aliphatic carbocycles. The molecule has 0 atom stereocenters. The number of fused-ring (bicyclic) bond motifs is 1. The molecule has 1 aliphatic rings. The van der Waals surface area contributed by atoms with Gasteiger partial charge in [-0.2, -0.15) is 0 Å². The Kier molecular flexibility index (Phi) is 7.01. The SMILES string of the molecule is CC#Cc1ccc2c(-c3ccc4c5c(ccnc35)CCO4)c(CC(=O)O)c(C)cc2c1.CC(C)(C)O. The Hall–Kier alpha value is -3.88. The highest BCUT2D eigenvalue weighted by Gasteiger charge is 2.22. The van der Waals surface area contributed by atoms with Gasteiger partial charge in [-0.25, -0.2) is 0 Å². The number of aliphatic carboxylic acids is 1. The fourth-order valence-corrected chi connectivity index (χ4v) is 4.60. The second-order valence-electron chi connectivity index (χ2n) is 10.0. The van der Waals surface area contributed by atoms with E-state index in [0.717, 1.165) is 61.7 Å². The maximum absolute atomic E-state index is 11.8. The van der Waals surface area contributed by atoms with Crippen molar-refractivity contribution in [2.45, 2.75) is 53.1 Å². The van der Waals surface area contributed by atoms with Crippen molar-refractivity contribution in [2.75, 3.05) is 6.61 Å². The van der Waals surface area contributed by atoms with Gasteiger partial charge in [0.25, 0.3) is 0 Å². The Bertz CT molecular complexity index is 1520. The highest BCUT2D eigenvalue weighted by molar-refractivity contribution is 6.08. The van der Waals surface area contributed by atoms with Crippen molar-refractivity contribution in [1.29, 1.82) is 0 Å². The molecule has 1 aliphatic heterocycles. The predicted molar refractivity (Wildman–Crippen MR) is 144 cm³/mol. The van der Waals surface area contributed by atoms with Gasteiger partial charge < -0.3 is 14.9 Å². The maximum atomic E-state index is 11.8. The third-order valence-corrected chi connectivity index (χ3v) is 5.91. The van der Waals surface area contributed by atoms with Crippen molar-refractivity contribution < 1.29 is 19.7 Å². The molecule has 5 nitrogen and oxygen atoms in total. The standard InChI is InChI=1S/C27H21NO3.C4H10O/c1-3-4-17-5-6-20-19(14-17)13-16(2)22(15-24(29)30)26(20)21-7-8-23-25-18(10-12-31-23)9-11-28-27(21)25;1-4(2,3)5/h5-9,11,13-14H,10,12,15H2,1-2H3,(H,29,30);5H,1-3H3. The molecule has 36 heavy (non-hydrogen) atoms. The summed E-state index contributed by atoms with van der Waals surface area (Å²) >= 11 is 0. The average molecular weight is 482 g/mol. The molecule has 0 unspecified atom stereocenters. The van der Waals surface area contributed by atoms with Gasteiger partial charge in [0.2, 0.25) is 0 Å². The molecule has 0 fully saturated rings. The lowest BCUT2D eigenvalue weighted by Gasteiger charge is -2.21. The van der Waals surface area contributed by atoms with Gasteiger partial charge >= 0.3 is 5.97 Å². The van der Waals surface area contributed by atoms with Crippen LogP contribution in [0.5, 0.6) is 5.75 Å². The summed E-state index contributed by atoms with van der Waals surface area (Å²) in [6, 6.07) is 14.2. The lowest BCUT2D eigenvalue weighted by atomic mass is 9.86. The molecule has 0 saturated heterocycles. The zero-order chi connectivity index (χ0) is 26.0. The molecular formula is C31H31NO4. The Morgan fingerprint density at radius 1 is 1.14 bits per heavy atom. The van der Waals surface area contributed by atoms with Gasteiger partial charge in [0.05, 0.1) is 24.1 Å². The Labute approximate surface area is 211 Å². The molecule has 0 spiro atoms. The van der Waals surface area contributed by atoms with Crippen LogP contribution in [0.4, 0.5) is 0 Å². The molecule has 4 aromatic rings. The first kappa shape index (κ1) is 25.2. The fourth-order valence-electron chi connectivity index (χ4n) is 4.60. The van der Waals surface area contributed by atoms with Crippen LogP contribution in [0, 0.1) is 18.8 Å². The number of carbonyl (C=O) groups is 1. The molecule has 184 valence electrons. The Balaban J connectivity index is 0.000000556. The first-order valence-corrected chi connectivity index (χ1v) is 12.0. The second-order valence-corrected chi connectivity index (χ2v) is 10.0. The molecule has 2 heterocycles. The van der Waals surface area contributed by atoms with Gasteiger partial charge in [0, 0.05) is 29.1 Å². The number of hydrogen-bond donors (Lipinski definition) is 2. The van der Waals surface area contributed by atoms with Crippen molar-refractivity contribution in [3.05, 3.63) is 70.9 Å². The van der Waals surface area contributed by atoms with Gasteiger partial charge in [-0.3, -0.25) is 9.78 Å². The molecule has 3 aromatic carbocycles. The van der Waals surface area contributed by atoms with Crippen molar-refractivity contribution in [2.24, 2.45) is 0 Å². The molecule has 0 radical (unpaired) electrons. The van der Waals surface area contributed by atoms with E-state index in [1.54, 1.807) is 20.8 Å². The van der Waals surface area contributed by atoms with E-state index in [2.05, 4.69) is 24.0 Å². The van der Waals surface area contributed by atoms with E-state index in [9.17, 15) is 9.90 Å². The van der Waals surface area contributed by atoms with Gasteiger partial charge in [0.1, 0.15) is 5.75 Å². The van der Waals surface area contributed by atoms with Crippen molar-refractivity contribution in [3.63, 3.8) is 0 Å². The Morgan fingerprint density at radius 2 is 1.89 bits per heavy atom. The van der Waals surface area contributed by atoms with Crippen molar-refractivity contribution in [1.82, 2.24) is 4.98 Å². The molecule has 5 rings (SSSR count). The number of aryl methyl sites for hydroxylation is 1. The van der Waals surface area contributed by atoms with E-state index in [4.69, 9.17) is 14.8 Å². The molecule has 0 amide bonds. The fraction of sp³-hybridized carbons (Fsp3) is 0.290. The van der Waals surface area contributed by atoms with Crippen LogP contribution in [0.3, 0.4) is 0 Å². The number of pyridine rings is 1. The number of aliphatic hydroxyl groups is 1. The van der Waals surface area contributed by atoms with Crippen LogP contribution in [0.1, 0.15) is 49.9 Å². The first-order chi connectivity index (χ1) is 17.1. The summed E-state index contributed by atoms with van der Waals surface area (Å²) in [5.74, 6) is 6.04. The Morgan fingerprint density at radius 3 is 2.58 bits per heavy atom. The minimum Gasteiger partial charge on any atom is -0.493 e. The molecular weight excluding hydrogens is 450 g/mol. The van der Waals surface area contributed by atoms with Gasteiger partial charge in [0.15, 0.2) is 0 Å². The number of hydrogen-bond acceptors (Lipinski definition) is 4. The number of rotatable bonds is 3. The summed E-state index contributed by atoms with van der Waals surface area (Å²) in [4.78, 5) is 16.5. The summed E-state index contributed by atoms with van der Waals surface area (Å²) in [5.41, 5.74) is 6.13. The number of aromatic nitrogens is 1. The van der Waals surface area contributed by atoms with Gasteiger partial charge in [-0.05, 0) is 98.0 Å². The lowest BCUT2D eigenvalue weighted by molar-refractivity contribution is -0.136. The van der Waals surface area contributed by atoms with Crippen molar-refractivity contribution >= 4 is 27.6 Å². The molecule has 2 N–H and O–H groups in total. The second kappa shape index (κ2) is 10.0. The third-order valence-electron chi connectivity index (χ3n) is 5.91. The highest BCUT2D eigenvalue weighted by atomic mass is 16.5. The summed E-state index contributed by atoms with van der Waals surface area (Å²) in [6.07, 6.45) is 2.62. The summed E-state index contributed by atoms with van der Waals surface area (Å²) in [5, 5.41) is 21.2. The van der Waals surface area contributed by atoms with Crippen LogP contribution in [-0.2, 0) is 17.6 Å². The number of carboxylic acids is 1. The molecule has 5 heteroatoms. The number of carboxylic acid groups (broad SMARTS) is 1. The van der Waals surface area contributed by atoms with Crippen LogP contribution in [0.25, 0.3) is 32.8 Å². The van der Waals surface area contributed by atoms with Crippen molar-refractivity contribution in [3.8, 4) is 28.7 Å². The monoisotopic (exact) mass is 481 g/mol. The normalized spacial score (nSPS) is 12.3. The van der Waals surface area contributed by atoms with E-state index < -0.39 is 11.6 Å². The average Bonchev–Trinajstić information content (AvgIpc) is 2.80. The van der Waals surface area contributed by atoms with Crippen LogP contribution >= 0.6 is 0 Å².